The van der Waals surface area contributed by atoms with Crippen LogP contribution >= 0.6 is 0 Å². The summed E-state index contributed by atoms with van der Waals surface area (Å²) >= 11 is 0. The van der Waals surface area contributed by atoms with Gasteiger partial charge in [0.05, 0.1) is 12.7 Å². The van der Waals surface area contributed by atoms with Gasteiger partial charge >= 0.3 is 0 Å². The summed E-state index contributed by atoms with van der Waals surface area (Å²) in [7, 11) is 1.49. The van der Waals surface area contributed by atoms with Crippen LogP contribution in [0.1, 0.15) is 31.1 Å². The molecule has 1 aromatic carbocycles. The molecule has 0 saturated heterocycles. The van der Waals surface area contributed by atoms with E-state index in [1.165, 1.54) is 7.11 Å². The molecular formula is C13H18N2O3. The number of amides is 2. The number of carbonyl (C=O) groups is 2. The second-order valence-corrected chi connectivity index (χ2v) is 4.86. The van der Waals surface area contributed by atoms with E-state index in [0.717, 1.165) is 0 Å². The van der Waals surface area contributed by atoms with Gasteiger partial charge in [0.1, 0.15) is 5.75 Å². The standard InChI is InChI=1S/C13H18N2O3/c1-13(2,3)12(17)15-14-11(16)9-7-5-6-8-10(9)18-4/h5-8H,1-4H3,(H,14,16)(H,15,17). The van der Waals surface area contributed by atoms with Crippen molar-refractivity contribution in [1.82, 2.24) is 10.9 Å². The van der Waals surface area contributed by atoms with Gasteiger partial charge < -0.3 is 4.74 Å². The number of ether oxygens (including phenoxy) is 1. The molecule has 0 bridgehead atoms. The molecule has 0 aromatic heterocycles. The van der Waals surface area contributed by atoms with Gasteiger partial charge in [-0.25, -0.2) is 0 Å². The van der Waals surface area contributed by atoms with Crippen LogP contribution in [0.3, 0.4) is 0 Å². The maximum Gasteiger partial charge on any atom is 0.273 e. The SMILES string of the molecule is COc1ccccc1C(=O)NNC(=O)C(C)(C)C. The molecule has 1 aromatic rings. The van der Waals surface area contributed by atoms with E-state index in [4.69, 9.17) is 4.74 Å². The molecule has 2 N–H and O–H groups in total. The van der Waals surface area contributed by atoms with Gasteiger partial charge in [-0.1, -0.05) is 32.9 Å². The Balaban J connectivity index is 2.69. The van der Waals surface area contributed by atoms with Crippen LogP contribution in [0, 0.1) is 5.41 Å². The fourth-order valence-corrected chi connectivity index (χ4v) is 1.20. The van der Waals surface area contributed by atoms with Crippen LogP contribution in [0.25, 0.3) is 0 Å². The number of hydrogen-bond donors (Lipinski definition) is 2. The van der Waals surface area contributed by atoms with E-state index in [1.807, 2.05) is 0 Å². The quantitative estimate of drug-likeness (QED) is 0.782. The molecule has 0 aliphatic carbocycles. The lowest BCUT2D eigenvalue weighted by Gasteiger charge is -2.18. The molecule has 5 nitrogen and oxygen atoms in total. The zero-order valence-electron chi connectivity index (χ0n) is 11.0. The Morgan fingerprint density at radius 3 is 2.28 bits per heavy atom. The van der Waals surface area contributed by atoms with E-state index < -0.39 is 11.3 Å². The van der Waals surface area contributed by atoms with Crippen LogP contribution in [0.4, 0.5) is 0 Å². The number of hydrogen-bond acceptors (Lipinski definition) is 3. The molecule has 0 atom stereocenters. The Hall–Kier alpha value is -2.04. The van der Waals surface area contributed by atoms with Crippen molar-refractivity contribution in [1.29, 1.82) is 0 Å². The third-order valence-electron chi connectivity index (χ3n) is 2.32. The Bertz CT molecular complexity index is 450. The van der Waals surface area contributed by atoms with Crippen molar-refractivity contribution in [3.8, 4) is 5.75 Å². The molecule has 0 heterocycles. The van der Waals surface area contributed by atoms with Crippen molar-refractivity contribution in [2.45, 2.75) is 20.8 Å². The summed E-state index contributed by atoms with van der Waals surface area (Å²) in [6, 6.07) is 6.80. The molecular weight excluding hydrogens is 232 g/mol. The number of benzene rings is 1. The number of carbonyl (C=O) groups excluding carboxylic acids is 2. The fraction of sp³-hybridized carbons (Fsp3) is 0.385. The summed E-state index contributed by atoms with van der Waals surface area (Å²) in [6.45, 7) is 5.28. The highest BCUT2D eigenvalue weighted by molar-refractivity contribution is 5.98. The molecule has 0 radical (unpaired) electrons. The number of hydrazine groups is 1. The Morgan fingerprint density at radius 1 is 1.11 bits per heavy atom. The number of rotatable bonds is 2. The van der Waals surface area contributed by atoms with Crippen molar-refractivity contribution in [2.24, 2.45) is 5.41 Å². The number of methoxy groups -OCH3 is 1. The second kappa shape index (κ2) is 5.53. The molecule has 18 heavy (non-hydrogen) atoms. The molecule has 5 heteroatoms. The van der Waals surface area contributed by atoms with E-state index in [1.54, 1.807) is 45.0 Å². The van der Waals surface area contributed by atoms with Crippen LogP contribution in [0.15, 0.2) is 24.3 Å². The smallest absolute Gasteiger partial charge is 0.273 e. The third kappa shape index (κ3) is 3.48. The van der Waals surface area contributed by atoms with Crippen molar-refractivity contribution < 1.29 is 14.3 Å². The van der Waals surface area contributed by atoms with Crippen LogP contribution in [-0.2, 0) is 4.79 Å². The summed E-state index contributed by atoms with van der Waals surface area (Å²) in [5.41, 5.74) is 4.55. The first kappa shape index (κ1) is 14.0. The Labute approximate surface area is 106 Å². The zero-order chi connectivity index (χ0) is 13.8. The second-order valence-electron chi connectivity index (χ2n) is 4.86. The van der Waals surface area contributed by atoms with Gasteiger partial charge in [0.25, 0.3) is 5.91 Å². The molecule has 2 amide bonds. The predicted octanol–water partition coefficient (Wildman–Crippen LogP) is 1.50. The summed E-state index contributed by atoms with van der Waals surface area (Å²) < 4.78 is 5.07. The number of nitrogens with one attached hydrogen (secondary N) is 2. The predicted molar refractivity (Wildman–Crippen MR) is 68.1 cm³/mol. The first-order valence-corrected chi connectivity index (χ1v) is 5.60. The summed E-state index contributed by atoms with van der Waals surface area (Å²) in [4.78, 5) is 23.4. The minimum absolute atomic E-state index is 0.259. The summed E-state index contributed by atoms with van der Waals surface area (Å²) in [5.74, 6) is -0.212. The van der Waals surface area contributed by atoms with Crippen molar-refractivity contribution in [2.75, 3.05) is 7.11 Å². The van der Waals surface area contributed by atoms with Gasteiger partial charge in [-0.3, -0.25) is 20.4 Å². The van der Waals surface area contributed by atoms with Gasteiger partial charge in [-0.05, 0) is 12.1 Å². The van der Waals surface area contributed by atoms with E-state index >= 15 is 0 Å². The van der Waals surface area contributed by atoms with Crippen LogP contribution < -0.4 is 15.6 Å². The van der Waals surface area contributed by atoms with E-state index in [2.05, 4.69) is 10.9 Å². The molecule has 0 aliphatic heterocycles. The van der Waals surface area contributed by atoms with E-state index in [0.29, 0.717) is 11.3 Å². The Morgan fingerprint density at radius 2 is 1.72 bits per heavy atom. The fourth-order valence-electron chi connectivity index (χ4n) is 1.20. The van der Waals surface area contributed by atoms with Gasteiger partial charge in [0.2, 0.25) is 5.91 Å². The molecule has 0 fully saturated rings. The third-order valence-corrected chi connectivity index (χ3v) is 2.32. The topological polar surface area (TPSA) is 67.4 Å². The normalized spacial score (nSPS) is 10.7. The minimum atomic E-state index is -0.561. The first-order chi connectivity index (χ1) is 8.36. The lowest BCUT2D eigenvalue weighted by molar-refractivity contribution is -0.129. The van der Waals surface area contributed by atoms with Gasteiger partial charge in [-0.2, -0.15) is 0 Å². The molecule has 0 unspecified atom stereocenters. The van der Waals surface area contributed by atoms with E-state index in [9.17, 15) is 9.59 Å². The van der Waals surface area contributed by atoms with Crippen molar-refractivity contribution >= 4 is 11.8 Å². The van der Waals surface area contributed by atoms with E-state index in [-0.39, 0.29) is 5.91 Å². The van der Waals surface area contributed by atoms with Gasteiger partial charge in [0, 0.05) is 5.41 Å². The summed E-state index contributed by atoms with van der Waals surface area (Å²) in [6.07, 6.45) is 0. The largest absolute Gasteiger partial charge is 0.496 e. The summed E-state index contributed by atoms with van der Waals surface area (Å²) in [5, 5.41) is 0. The highest BCUT2D eigenvalue weighted by atomic mass is 16.5. The zero-order valence-corrected chi connectivity index (χ0v) is 11.0. The lowest BCUT2D eigenvalue weighted by atomic mass is 9.96. The average molecular weight is 250 g/mol. The monoisotopic (exact) mass is 250 g/mol. The van der Waals surface area contributed by atoms with Crippen LogP contribution in [-0.4, -0.2) is 18.9 Å². The van der Waals surface area contributed by atoms with Gasteiger partial charge in [0.15, 0.2) is 0 Å². The van der Waals surface area contributed by atoms with Crippen LogP contribution in [0.2, 0.25) is 0 Å². The van der Waals surface area contributed by atoms with Crippen molar-refractivity contribution in [3.05, 3.63) is 29.8 Å². The average Bonchev–Trinajstić information content (AvgIpc) is 2.34. The lowest BCUT2D eigenvalue weighted by Crippen LogP contribution is -2.46. The molecule has 98 valence electrons. The Kier molecular flexibility index (Phi) is 4.31. The highest BCUT2D eigenvalue weighted by Crippen LogP contribution is 2.16. The maximum absolute atomic E-state index is 11.8. The molecule has 0 spiro atoms. The number of para-hydroxylation sites is 1. The molecule has 0 aliphatic rings. The minimum Gasteiger partial charge on any atom is -0.496 e. The van der Waals surface area contributed by atoms with Crippen LogP contribution in [0.5, 0.6) is 5.75 Å². The first-order valence-electron chi connectivity index (χ1n) is 5.60. The van der Waals surface area contributed by atoms with Gasteiger partial charge in [-0.15, -0.1) is 0 Å². The molecule has 1 rings (SSSR count). The highest BCUT2D eigenvalue weighted by Gasteiger charge is 2.22. The maximum atomic E-state index is 11.8. The molecule has 0 saturated carbocycles. The van der Waals surface area contributed by atoms with Crippen molar-refractivity contribution in [3.63, 3.8) is 0 Å².